The second-order valence-electron chi connectivity index (χ2n) is 34.7. The number of hydrogen-bond donors (Lipinski definition) is 0. The lowest BCUT2D eigenvalue weighted by Gasteiger charge is -2.11. The molecule has 0 saturated heterocycles. The van der Waals surface area contributed by atoms with Crippen molar-refractivity contribution < 1.29 is 17.7 Å². The molecule has 0 amide bonds. The normalized spacial score (nSPS) is 11.4. The lowest BCUT2D eigenvalue weighted by molar-refractivity contribution is 0.668. The van der Waals surface area contributed by atoms with Crippen LogP contribution in [0.1, 0.15) is 0 Å². The van der Waals surface area contributed by atoms with Gasteiger partial charge in [-0.1, -0.05) is 370 Å². The van der Waals surface area contributed by atoms with E-state index in [4.69, 9.17) is 57.5 Å². The molecule has 0 atom stereocenters. The smallest absolute Gasteiger partial charge is 0.160 e. The van der Waals surface area contributed by atoms with Gasteiger partial charge in [-0.3, -0.25) is 0 Å². The zero-order valence-electron chi connectivity index (χ0n) is 75.4. The average Bonchev–Trinajstić information content (AvgIpc) is 1.58. The fraction of sp³-hybridized carbons (Fsp3) is 0. The minimum absolute atomic E-state index is 0.695. The molecule has 8 heterocycles. The third-order valence-corrected chi connectivity index (χ3v) is 25.9. The number of hydrogen-bond acceptors (Lipinski definition) is 12. The Bertz CT molecular complexity index is 9590. The van der Waals surface area contributed by atoms with Gasteiger partial charge in [0.15, 0.2) is 23.3 Å². The number of benzene rings is 20. The van der Waals surface area contributed by atoms with Gasteiger partial charge in [-0.25, -0.2) is 39.9 Å². The highest BCUT2D eigenvalue weighted by atomic mass is 16.3. The molecule has 0 unspecified atom stereocenters. The predicted octanol–water partition coefficient (Wildman–Crippen LogP) is 34.1. The van der Waals surface area contributed by atoms with Crippen LogP contribution >= 0.6 is 0 Å². The van der Waals surface area contributed by atoms with Crippen molar-refractivity contribution in [1.29, 1.82) is 0 Å². The lowest BCUT2D eigenvalue weighted by Crippen LogP contribution is -1.96. The van der Waals surface area contributed by atoms with Gasteiger partial charge in [0.05, 0.1) is 45.6 Å². The van der Waals surface area contributed by atoms with Crippen molar-refractivity contribution in [3.05, 3.63) is 485 Å². The molecule has 0 N–H and O–H groups in total. The fourth-order valence-corrected chi connectivity index (χ4v) is 18.9. The summed E-state index contributed by atoms with van der Waals surface area (Å²) in [6.45, 7) is 0. The molecule has 0 aliphatic rings. The first-order chi connectivity index (χ1) is 69.3. The molecular weight excluding hydrogens is 1710 g/mol. The van der Waals surface area contributed by atoms with Gasteiger partial charge < -0.3 is 17.7 Å². The van der Waals surface area contributed by atoms with Gasteiger partial charge in [0, 0.05) is 110 Å². The first kappa shape index (κ1) is 82.8. The molecule has 28 rings (SSSR count). The third kappa shape index (κ3) is 16.3. The molecule has 0 aliphatic carbocycles. The Kier molecular flexibility index (Phi) is 21.3. The number of furan rings is 4. The lowest BCUT2D eigenvalue weighted by atomic mass is 10.0. The Morgan fingerprint density at radius 3 is 0.843 bits per heavy atom. The zero-order valence-corrected chi connectivity index (χ0v) is 75.4. The Morgan fingerprint density at radius 1 is 0.129 bits per heavy atom. The summed E-state index contributed by atoms with van der Waals surface area (Å²) in [7, 11) is 0. The largest absolute Gasteiger partial charge is 0.456 e. The van der Waals surface area contributed by atoms with Gasteiger partial charge in [-0.15, -0.1) is 0 Å². The highest BCUT2D eigenvalue weighted by Crippen LogP contribution is 2.44. The van der Waals surface area contributed by atoms with E-state index in [2.05, 4.69) is 322 Å². The molecule has 656 valence electrons. The standard InChI is InChI=1S/4C32H20N2O/c1-2-10-22(11-3-1)28-20-29(27-15-8-14-26-25-13-6-7-16-30(25)35-31(26)27)34-32(33-28)24-18-17-21-9-4-5-12-23(21)19-24;1-2-10-22(11-3-1)27-20-28(25-14-8-16-30-31(25)26-13-6-7-15-29(26)35-30)34-32(33-27)24-18-17-21-9-4-5-12-23(21)19-24;1-2-9-22(10-3-1)28-20-29(24-16-17-31-27(19-24)26-12-6-7-13-30(26)35-31)34-32(33-28)25-15-14-21-8-4-5-11-23(21)18-25;1-2-9-22(10-3-1)28-20-29(24-16-17-27-26-12-6-7-13-30(26)35-31(27)19-24)34-32(33-28)25-15-14-21-8-4-5-11-23(21)18-25/h4*1-20H. The molecule has 0 spiro atoms. The van der Waals surface area contributed by atoms with E-state index in [1.54, 1.807) is 0 Å². The van der Waals surface area contributed by atoms with Crippen molar-refractivity contribution >= 4 is 131 Å². The first-order valence-electron chi connectivity index (χ1n) is 46.7. The van der Waals surface area contributed by atoms with E-state index >= 15 is 0 Å². The van der Waals surface area contributed by atoms with Crippen molar-refractivity contribution in [3.8, 4) is 136 Å². The second kappa shape index (κ2) is 36.1. The number of aromatic nitrogens is 8. The maximum absolute atomic E-state index is 6.33. The topological polar surface area (TPSA) is 156 Å². The summed E-state index contributed by atoms with van der Waals surface area (Å²) >= 11 is 0. The SMILES string of the molecule is c1ccc(-c2cc(-c3ccc4c(c3)oc3ccccc34)nc(-c3ccc4ccccc4c3)n2)cc1.c1ccc(-c2cc(-c3ccc4oc5ccccc5c4c3)nc(-c3ccc4ccccc4c3)n2)cc1.c1ccc(-c2cc(-c3cccc4c3oc3ccccc34)nc(-c3ccc4ccccc4c3)n2)cc1.c1ccc(-c2cc(-c3cccc4oc5ccccc5c34)nc(-c3ccc4ccccc4c3)n2)cc1. The van der Waals surface area contributed by atoms with Crippen LogP contribution < -0.4 is 0 Å². The van der Waals surface area contributed by atoms with Crippen molar-refractivity contribution in [3.63, 3.8) is 0 Å². The quantitative estimate of drug-likeness (QED) is 0.114. The van der Waals surface area contributed by atoms with Gasteiger partial charge in [-0.05, 0) is 158 Å². The van der Waals surface area contributed by atoms with Crippen LogP contribution in [0.3, 0.4) is 0 Å². The molecule has 0 bridgehead atoms. The monoisotopic (exact) mass is 1790 g/mol. The van der Waals surface area contributed by atoms with E-state index in [1.165, 1.54) is 43.1 Å². The summed E-state index contributed by atoms with van der Waals surface area (Å²) < 4.78 is 24.7. The zero-order chi connectivity index (χ0) is 92.8. The maximum atomic E-state index is 6.33. The molecule has 8 aromatic heterocycles. The van der Waals surface area contributed by atoms with Crippen LogP contribution in [-0.2, 0) is 0 Å². The summed E-state index contributed by atoms with van der Waals surface area (Å²) in [6, 6.07) is 166. The number of fused-ring (bicyclic) bond motifs is 16. The van der Waals surface area contributed by atoms with Crippen LogP contribution in [-0.4, -0.2) is 39.9 Å². The molecule has 0 radical (unpaired) electrons. The molecular formula is C128H80N8O4. The van der Waals surface area contributed by atoms with E-state index in [1.807, 2.05) is 164 Å². The van der Waals surface area contributed by atoms with E-state index in [-0.39, 0.29) is 0 Å². The van der Waals surface area contributed by atoms with Gasteiger partial charge in [0.25, 0.3) is 0 Å². The summed E-state index contributed by atoms with van der Waals surface area (Å²) in [5, 5.41) is 18.3. The summed E-state index contributed by atoms with van der Waals surface area (Å²) in [4.78, 5) is 40.1. The van der Waals surface area contributed by atoms with E-state index in [0.29, 0.717) is 23.3 Å². The fourth-order valence-electron chi connectivity index (χ4n) is 18.9. The van der Waals surface area contributed by atoms with E-state index in [9.17, 15) is 0 Å². The Morgan fingerprint density at radius 2 is 0.400 bits per heavy atom. The Hall–Kier alpha value is -19.0. The minimum Gasteiger partial charge on any atom is -0.456 e. The second-order valence-corrected chi connectivity index (χ2v) is 34.7. The minimum atomic E-state index is 0.695. The molecule has 0 fully saturated rings. The Balaban J connectivity index is 0.0000000985. The van der Waals surface area contributed by atoms with Crippen LogP contribution in [0.2, 0.25) is 0 Å². The first-order valence-corrected chi connectivity index (χ1v) is 46.7. The summed E-state index contributed by atoms with van der Waals surface area (Å²) in [6.07, 6.45) is 0. The molecule has 12 nitrogen and oxygen atoms in total. The van der Waals surface area contributed by atoms with Crippen LogP contribution in [0.15, 0.2) is 503 Å². The molecule has 12 heteroatoms. The van der Waals surface area contributed by atoms with Crippen molar-refractivity contribution in [2.24, 2.45) is 0 Å². The molecule has 0 saturated carbocycles. The number of rotatable bonds is 12. The van der Waals surface area contributed by atoms with Gasteiger partial charge in [0.1, 0.15) is 44.7 Å². The molecule has 140 heavy (non-hydrogen) atoms. The van der Waals surface area contributed by atoms with E-state index in [0.717, 1.165) is 200 Å². The van der Waals surface area contributed by atoms with Crippen molar-refractivity contribution in [1.82, 2.24) is 39.9 Å². The van der Waals surface area contributed by atoms with Crippen LogP contribution in [0, 0.1) is 0 Å². The predicted molar refractivity (Wildman–Crippen MR) is 572 cm³/mol. The highest BCUT2D eigenvalue weighted by molar-refractivity contribution is 6.14. The number of nitrogens with zero attached hydrogens (tertiary/aromatic N) is 8. The summed E-state index contributed by atoms with van der Waals surface area (Å²) in [5.74, 6) is 2.82. The van der Waals surface area contributed by atoms with Gasteiger partial charge in [-0.2, -0.15) is 0 Å². The summed E-state index contributed by atoms with van der Waals surface area (Å²) in [5.41, 5.74) is 26.2. The van der Waals surface area contributed by atoms with E-state index < -0.39 is 0 Å². The highest BCUT2D eigenvalue weighted by Gasteiger charge is 2.23. The van der Waals surface area contributed by atoms with Crippen LogP contribution in [0.5, 0.6) is 0 Å². The number of para-hydroxylation sites is 5. The maximum Gasteiger partial charge on any atom is 0.160 e. The van der Waals surface area contributed by atoms with Crippen molar-refractivity contribution in [2.45, 2.75) is 0 Å². The van der Waals surface area contributed by atoms with Crippen LogP contribution in [0.25, 0.3) is 266 Å². The molecule has 0 aliphatic heterocycles. The molecule has 28 aromatic rings. The van der Waals surface area contributed by atoms with Crippen LogP contribution in [0.4, 0.5) is 0 Å². The van der Waals surface area contributed by atoms with Gasteiger partial charge in [0.2, 0.25) is 0 Å². The molecule has 20 aromatic carbocycles. The van der Waals surface area contributed by atoms with Crippen molar-refractivity contribution in [2.75, 3.05) is 0 Å². The van der Waals surface area contributed by atoms with Gasteiger partial charge >= 0.3 is 0 Å². The average molecular weight is 1790 g/mol. The Labute approximate surface area is 803 Å². The third-order valence-electron chi connectivity index (χ3n) is 25.9.